The maximum Gasteiger partial charge on any atom is 0.356 e. The molecule has 4 N–H and O–H groups in total. The number of carbonyl (C=O) groups excluding carboxylic acids is 3. The van der Waals surface area contributed by atoms with Gasteiger partial charge in [0.25, 0.3) is 11.8 Å². The number of nitrogens with two attached hydrogens (primary N) is 1. The van der Waals surface area contributed by atoms with Crippen LogP contribution >= 0.6 is 23.1 Å². The molecule has 3 aliphatic rings. The largest absolute Gasteiger partial charge is 0.492 e. The number of β-lactam (4-membered cyclic amide) rings is 1. The monoisotopic (exact) mass is 601 g/mol. The first-order chi connectivity index (χ1) is 19.7. The molecule has 2 aliphatic heterocycles. The first kappa shape index (κ1) is 28.5. The number of Topliss-reactive ketones (excluding diaryl/α,β-unsaturated/α-hetero) is 1. The number of nitrogens with zero attached hydrogens (tertiary/aromatic N) is 4. The van der Waals surface area contributed by atoms with Crippen LogP contribution in [-0.2, 0) is 35.3 Å². The number of nitrogens with one attached hydrogen (secondary N) is 1. The van der Waals surface area contributed by atoms with Crippen molar-refractivity contribution >= 4 is 57.5 Å². The molecule has 5 rings (SSSR count). The maximum absolute atomic E-state index is 13.3. The van der Waals surface area contributed by atoms with Crippen LogP contribution in [-0.4, -0.2) is 74.8 Å². The van der Waals surface area contributed by atoms with Crippen molar-refractivity contribution in [3.8, 4) is 0 Å². The fourth-order valence-electron chi connectivity index (χ4n) is 4.85. The number of anilines is 1. The number of carboxylic acid groups (broad SMARTS) is 1. The number of hydrogen-bond donors (Lipinski definition) is 3. The van der Waals surface area contributed by atoms with E-state index in [9.17, 15) is 24.3 Å². The van der Waals surface area contributed by atoms with Crippen molar-refractivity contribution in [1.29, 1.82) is 0 Å². The molecule has 0 aromatic carbocycles. The van der Waals surface area contributed by atoms with Crippen LogP contribution < -0.4 is 15.6 Å². The Morgan fingerprint density at radius 1 is 1.32 bits per heavy atom. The zero-order chi connectivity index (χ0) is 29.1. The number of nitrogen functional groups attached to an aromatic ring is 1. The number of thioether (sulfide) groups is 1. The van der Waals surface area contributed by atoms with Crippen molar-refractivity contribution in [3.05, 3.63) is 47.1 Å². The molecule has 13 nitrogen and oxygen atoms in total. The lowest BCUT2D eigenvalue weighted by Gasteiger charge is -2.49. The molecule has 41 heavy (non-hydrogen) atoms. The van der Waals surface area contributed by atoms with Crippen molar-refractivity contribution in [1.82, 2.24) is 15.2 Å². The number of fused-ring (bicyclic) bond motifs is 1. The number of carboxylic acids is 1. The van der Waals surface area contributed by atoms with Crippen LogP contribution in [0, 0.1) is 0 Å². The van der Waals surface area contributed by atoms with E-state index in [1.54, 1.807) is 17.0 Å². The second-order valence-corrected chi connectivity index (χ2v) is 11.9. The Balaban J connectivity index is 1.27. The van der Waals surface area contributed by atoms with Crippen LogP contribution in [0.4, 0.5) is 5.13 Å². The molecule has 1 saturated heterocycles. The number of thiazole rings is 1. The highest BCUT2D eigenvalue weighted by molar-refractivity contribution is 7.99. The van der Waals surface area contributed by atoms with Crippen molar-refractivity contribution in [3.63, 3.8) is 0 Å². The molecule has 0 unspecified atom stereocenters. The van der Waals surface area contributed by atoms with Gasteiger partial charge in [-0.05, 0) is 25.7 Å². The van der Waals surface area contributed by atoms with Gasteiger partial charge in [0.15, 0.2) is 34.7 Å². The summed E-state index contributed by atoms with van der Waals surface area (Å²) in [5, 5.41) is 16.9. The molecule has 15 heteroatoms. The number of amides is 2. The van der Waals surface area contributed by atoms with E-state index < -0.39 is 29.9 Å². The Hall–Kier alpha value is -3.98. The molecule has 2 fully saturated rings. The minimum absolute atomic E-state index is 0.00924. The van der Waals surface area contributed by atoms with Crippen LogP contribution in [0.1, 0.15) is 37.5 Å². The van der Waals surface area contributed by atoms with Crippen molar-refractivity contribution in [2.24, 2.45) is 5.16 Å². The van der Waals surface area contributed by atoms with Gasteiger partial charge in [0, 0.05) is 30.1 Å². The Morgan fingerprint density at radius 3 is 2.68 bits per heavy atom. The molecular weight excluding hydrogens is 572 g/mol. The Labute approximate surface area is 243 Å². The predicted molar refractivity (Wildman–Crippen MR) is 148 cm³/mol. The average molecular weight is 602 g/mol. The number of carbonyl (C=O) groups is 4. The fraction of sp³-hybridized carbons (Fsp3) is 0.423. The standard InChI is InChI=1S/C26H28N6O7S2/c1-14(33)11-31-8-6-16(7-9-31)40-13-18-22(25(36)37)32-17(12-38-18)20(24(32)35)29-23(34)21(19-10-28-26(27)41-19)30-39-15-4-2-3-5-15/h6-10,15,17,20H,2-5,11-13H2,1H3,(H3-,27,28,29,30,34,36,37)/p+1/t17-,20+/m1/s1. The van der Waals surface area contributed by atoms with Gasteiger partial charge in [0.1, 0.15) is 30.6 Å². The van der Waals surface area contributed by atoms with Gasteiger partial charge in [0.05, 0.1) is 10.6 Å². The number of hydrogen-bond acceptors (Lipinski definition) is 11. The summed E-state index contributed by atoms with van der Waals surface area (Å²) in [5.41, 5.74) is 5.45. The lowest BCUT2D eigenvalue weighted by atomic mass is 9.92. The van der Waals surface area contributed by atoms with E-state index in [0.29, 0.717) is 4.88 Å². The number of pyridine rings is 1. The second-order valence-electron chi connectivity index (χ2n) is 9.83. The van der Waals surface area contributed by atoms with E-state index in [0.717, 1.165) is 46.8 Å². The van der Waals surface area contributed by atoms with E-state index in [1.807, 2.05) is 12.1 Å². The first-order valence-corrected chi connectivity index (χ1v) is 14.8. The highest BCUT2D eigenvalue weighted by atomic mass is 32.2. The van der Waals surface area contributed by atoms with Gasteiger partial charge < -0.3 is 25.7 Å². The molecule has 2 aromatic heterocycles. The van der Waals surface area contributed by atoms with E-state index in [-0.39, 0.29) is 53.1 Å². The molecular formula is C26H29N6O7S2+. The van der Waals surface area contributed by atoms with Gasteiger partial charge in [0.2, 0.25) is 6.54 Å². The highest BCUT2D eigenvalue weighted by Crippen LogP contribution is 2.35. The second kappa shape index (κ2) is 12.3. The molecule has 1 aliphatic carbocycles. The van der Waals surface area contributed by atoms with Crippen LogP contribution in [0.15, 0.2) is 52.2 Å². The van der Waals surface area contributed by atoms with E-state index in [2.05, 4.69) is 15.5 Å². The third-order valence-corrected chi connectivity index (χ3v) is 8.69. The lowest BCUT2D eigenvalue weighted by molar-refractivity contribution is -0.684. The number of aromatic nitrogens is 2. The number of rotatable bonds is 11. The van der Waals surface area contributed by atoms with Crippen LogP contribution in [0.5, 0.6) is 0 Å². The summed E-state index contributed by atoms with van der Waals surface area (Å²) < 4.78 is 7.55. The quantitative estimate of drug-likeness (QED) is 0.111. The molecule has 2 amide bonds. The SMILES string of the molecule is CC(=O)C[n+]1ccc(SCC2=C(C(=O)O)N3C(=O)[C@@H](NC(=O)C(=NOC4CCCC4)c4cnc(N)s4)[C@H]3CO2)cc1. The summed E-state index contributed by atoms with van der Waals surface area (Å²) in [6, 6.07) is 1.93. The zero-order valence-corrected chi connectivity index (χ0v) is 23.8. The molecule has 2 aromatic rings. The van der Waals surface area contributed by atoms with Gasteiger partial charge in [-0.3, -0.25) is 19.3 Å². The predicted octanol–water partition coefficient (Wildman–Crippen LogP) is 1.08. The van der Waals surface area contributed by atoms with Crippen LogP contribution in [0.25, 0.3) is 0 Å². The molecule has 0 spiro atoms. The number of ketones is 1. The summed E-state index contributed by atoms with van der Waals surface area (Å²) >= 11 is 2.40. The van der Waals surface area contributed by atoms with E-state index in [4.69, 9.17) is 15.3 Å². The molecule has 1 saturated carbocycles. The third-order valence-electron chi connectivity index (χ3n) is 6.85. The molecule has 2 atom stereocenters. The van der Waals surface area contributed by atoms with Crippen LogP contribution in [0.3, 0.4) is 0 Å². The molecule has 216 valence electrons. The number of oxime groups is 1. The molecule has 0 radical (unpaired) electrons. The van der Waals surface area contributed by atoms with Crippen LogP contribution in [0.2, 0.25) is 0 Å². The van der Waals surface area contributed by atoms with Gasteiger partial charge in [-0.15, -0.1) is 11.8 Å². The van der Waals surface area contributed by atoms with Gasteiger partial charge in [-0.1, -0.05) is 16.5 Å². The molecule has 4 heterocycles. The summed E-state index contributed by atoms with van der Waals surface area (Å²) in [5.74, 6) is -2.16. The van der Waals surface area contributed by atoms with Crippen molar-refractivity contribution in [2.75, 3.05) is 18.1 Å². The summed E-state index contributed by atoms with van der Waals surface area (Å²) in [7, 11) is 0. The third kappa shape index (κ3) is 6.35. The topological polar surface area (TPSA) is 177 Å². The molecule has 0 bridgehead atoms. The normalized spacial score (nSPS) is 20.8. The lowest BCUT2D eigenvalue weighted by Crippen LogP contribution is -2.73. The summed E-state index contributed by atoms with van der Waals surface area (Å²) in [6.45, 7) is 1.78. The Bertz CT molecular complexity index is 1420. The van der Waals surface area contributed by atoms with E-state index in [1.165, 1.54) is 24.9 Å². The highest BCUT2D eigenvalue weighted by Gasteiger charge is 2.55. The van der Waals surface area contributed by atoms with Gasteiger partial charge in [-0.2, -0.15) is 4.57 Å². The van der Waals surface area contributed by atoms with Crippen molar-refractivity contribution < 1.29 is 38.4 Å². The smallest absolute Gasteiger partial charge is 0.356 e. The maximum atomic E-state index is 13.3. The fourth-order valence-corrected chi connectivity index (χ4v) is 6.34. The van der Waals surface area contributed by atoms with Gasteiger partial charge in [-0.25, -0.2) is 9.78 Å². The Morgan fingerprint density at radius 2 is 2.05 bits per heavy atom. The minimum atomic E-state index is -1.30. The first-order valence-electron chi connectivity index (χ1n) is 13.0. The number of aliphatic carboxylic acids is 1. The minimum Gasteiger partial charge on any atom is -0.492 e. The zero-order valence-electron chi connectivity index (χ0n) is 22.1. The average Bonchev–Trinajstić information content (AvgIpc) is 3.62. The Kier molecular flexibility index (Phi) is 8.54. The van der Waals surface area contributed by atoms with E-state index >= 15 is 0 Å². The van der Waals surface area contributed by atoms with Crippen molar-refractivity contribution in [2.45, 2.75) is 62.2 Å². The summed E-state index contributed by atoms with van der Waals surface area (Å²) in [6.07, 6.45) is 8.58. The summed E-state index contributed by atoms with van der Waals surface area (Å²) in [4.78, 5) is 61.9. The van der Waals surface area contributed by atoms with Gasteiger partial charge >= 0.3 is 5.97 Å². The number of ether oxygens (including phenoxy) is 1.